The summed E-state index contributed by atoms with van der Waals surface area (Å²) in [6.07, 6.45) is 0. The van der Waals surface area contributed by atoms with Crippen LogP contribution in [-0.4, -0.2) is 6.04 Å². The maximum atomic E-state index is 6.38. The van der Waals surface area contributed by atoms with Crippen LogP contribution >= 0.6 is 39.3 Å². The van der Waals surface area contributed by atoms with Crippen molar-refractivity contribution in [3.05, 3.63) is 57.5 Å². The van der Waals surface area contributed by atoms with Crippen LogP contribution < -0.4 is 5.32 Å². The van der Waals surface area contributed by atoms with Gasteiger partial charge in [-0.3, -0.25) is 0 Å². The summed E-state index contributed by atoms with van der Waals surface area (Å²) in [5, 5.41) is 4.19. The Labute approximate surface area is 138 Å². The van der Waals surface area contributed by atoms with Gasteiger partial charge in [0.05, 0.1) is 5.02 Å². The maximum Gasteiger partial charge on any atom is 0.0548 e. The summed E-state index contributed by atoms with van der Waals surface area (Å²) in [5.41, 5.74) is 1.21. The molecule has 0 aliphatic rings. The minimum absolute atomic E-state index is 0.475. The van der Waals surface area contributed by atoms with Crippen LogP contribution in [0.4, 0.5) is 0 Å². The van der Waals surface area contributed by atoms with E-state index >= 15 is 0 Å². The van der Waals surface area contributed by atoms with Crippen molar-refractivity contribution in [1.82, 2.24) is 5.32 Å². The molecule has 0 fully saturated rings. The molecule has 20 heavy (non-hydrogen) atoms. The maximum absolute atomic E-state index is 6.38. The zero-order valence-corrected chi connectivity index (χ0v) is 14.6. The van der Waals surface area contributed by atoms with Gasteiger partial charge >= 0.3 is 0 Å². The van der Waals surface area contributed by atoms with Crippen LogP contribution in [0.3, 0.4) is 0 Å². The summed E-state index contributed by atoms with van der Waals surface area (Å²) < 4.78 is 1.09. The minimum Gasteiger partial charge on any atom is -0.310 e. The Hall–Kier alpha value is -0.480. The molecular formula is C16H17BrClNS. The lowest BCUT2D eigenvalue weighted by molar-refractivity contribution is 0.589. The topological polar surface area (TPSA) is 12.0 Å². The van der Waals surface area contributed by atoms with Crippen molar-refractivity contribution in [1.29, 1.82) is 0 Å². The molecule has 4 heteroatoms. The standard InChI is InChI=1S/C16H17BrClNS/c1-11(2)19-10-12-7-8-16(14(18)9-12)20-15-6-4-3-5-13(15)17/h3-9,11,19H,10H2,1-2H3. The van der Waals surface area contributed by atoms with Crippen LogP contribution in [0.5, 0.6) is 0 Å². The molecule has 1 nitrogen and oxygen atoms in total. The van der Waals surface area contributed by atoms with Crippen molar-refractivity contribution < 1.29 is 0 Å². The Kier molecular flexibility index (Phi) is 5.97. The molecule has 0 heterocycles. The smallest absolute Gasteiger partial charge is 0.0548 e. The van der Waals surface area contributed by atoms with Crippen LogP contribution in [-0.2, 0) is 6.54 Å². The molecule has 0 amide bonds. The number of hydrogen-bond acceptors (Lipinski definition) is 2. The van der Waals surface area contributed by atoms with E-state index in [1.54, 1.807) is 11.8 Å². The SMILES string of the molecule is CC(C)NCc1ccc(Sc2ccccc2Br)c(Cl)c1. The second-order valence-corrected chi connectivity index (χ2v) is 7.18. The lowest BCUT2D eigenvalue weighted by Gasteiger charge is -2.10. The molecular weight excluding hydrogens is 354 g/mol. The molecule has 0 atom stereocenters. The Balaban J connectivity index is 2.12. The van der Waals surface area contributed by atoms with Gasteiger partial charge in [-0.25, -0.2) is 0 Å². The monoisotopic (exact) mass is 369 g/mol. The molecule has 0 radical (unpaired) electrons. The molecule has 0 aromatic heterocycles. The van der Waals surface area contributed by atoms with Crippen LogP contribution in [0.1, 0.15) is 19.4 Å². The molecule has 0 unspecified atom stereocenters. The average molecular weight is 371 g/mol. The molecule has 0 saturated carbocycles. The van der Waals surface area contributed by atoms with Crippen molar-refractivity contribution in [2.24, 2.45) is 0 Å². The summed E-state index contributed by atoms with van der Waals surface area (Å²) in [6.45, 7) is 5.12. The van der Waals surface area contributed by atoms with Gasteiger partial charge in [-0.15, -0.1) is 0 Å². The van der Waals surface area contributed by atoms with Gasteiger partial charge in [0.25, 0.3) is 0 Å². The van der Waals surface area contributed by atoms with Crippen molar-refractivity contribution in [3.8, 4) is 0 Å². The van der Waals surface area contributed by atoms with Gasteiger partial charge in [0.15, 0.2) is 0 Å². The minimum atomic E-state index is 0.475. The average Bonchev–Trinajstić information content (AvgIpc) is 2.41. The van der Waals surface area contributed by atoms with Gasteiger partial charge in [0, 0.05) is 26.9 Å². The molecule has 0 bridgehead atoms. The van der Waals surface area contributed by atoms with E-state index in [0.29, 0.717) is 6.04 Å². The van der Waals surface area contributed by atoms with E-state index in [1.807, 2.05) is 24.3 Å². The predicted octanol–water partition coefficient (Wildman–Crippen LogP) is 5.75. The third-order valence-corrected chi connectivity index (χ3v) is 5.30. The van der Waals surface area contributed by atoms with Gasteiger partial charge < -0.3 is 5.32 Å². The fourth-order valence-electron chi connectivity index (χ4n) is 1.71. The lowest BCUT2D eigenvalue weighted by Crippen LogP contribution is -2.21. The first kappa shape index (κ1) is 15.9. The lowest BCUT2D eigenvalue weighted by atomic mass is 10.2. The van der Waals surface area contributed by atoms with E-state index in [-0.39, 0.29) is 0 Å². The van der Waals surface area contributed by atoms with Crippen molar-refractivity contribution in [3.63, 3.8) is 0 Å². The number of hydrogen-bond donors (Lipinski definition) is 1. The molecule has 2 aromatic carbocycles. The zero-order chi connectivity index (χ0) is 14.5. The van der Waals surface area contributed by atoms with E-state index in [2.05, 4.69) is 53.3 Å². The Morgan fingerprint density at radius 3 is 2.55 bits per heavy atom. The molecule has 106 valence electrons. The molecule has 0 spiro atoms. The quantitative estimate of drug-likeness (QED) is 0.719. The first-order chi connectivity index (χ1) is 9.56. The second-order valence-electron chi connectivity index (χ2n) is 4.83. The number of halogens is 2. The molecule has 0 saturated heterocycles. The summed E-state index contributed by atoms with van der Waals surface area (Å²) in [7, 11) is 0. The van der Waals surface area contributed by atoms with Crippen LogP contribution in [0, 0.1) is 0 Å². The van der Waals surface area contributed by atoms with Gasteiger partial charge in [0.2, 0.25) is 0 Å². The van der Waals surface area contributed by atoms with Crippen LogP contribution in [0.25, 0.3) is 0 Å². The summed E-state index contributed by atoms with van der Waals surface area (Å²) in [4.78, 5) is 2.24. The number of nitrogens with one attached hydrogen (secondary N) is 1. The van der Waals surface area contributed by atoms with Crippen LogP contribution in [0.15, 0.2) is 56.7 Å². The van der Waals surface area contributed by atoms with E-state index in [9.17, 15) is 0 Å². The molecule has 0 aliphatic heterocycles. The summed E-state index contributed by atoms with van der Waals surface area (Å²) in [5.74, 6) is 0. The molecule has 2 rings (SSSR count). The highest BCUT2D eigenvalue weighted by Gasteiger charge is 2.06. The molecule has 2 aromatic rings. The summed E-state index contributed by atoms with van der Waals surface area (Å²) in [6, 6.07) is 14.9. The normalized spacial score (nSPS) is 11.1. The highest BCUT2D eigenvalue weighted by atomic mass is 79.9. The first-order valence-electron chi connectivity index (χ1n) is 6.50. The van der Waals surface area contributed by atoms with Gasteiger partial charge in [-0.1, -0.05) is 55.4 Å². The fourth-order valence-corrected chi connectivity index (χ4v) is 3.39. The van der Waals surface area contributed by atoms with Crippen molar-refractivity contribution in [2.75, 3.05) is 0 Å². The highest BCUT2D eigenvalue weighted by molar-refractivity contribution is 9.10. The number of benzene rings is 2. The van der Waals surface area contributed by atoms with Gasteiger partial charge in [0.1, 0.15) is 0 Å². The van der Waals surface area contributed by atoms with E-state index in [0.717, 1.165) is 20.9 Å². The van der Waals surface area contributed by atoms with Crippen LogP contribution in [0.2, 0.25) is 5.02 Å². The first-order valence-corrected chi connectivity index (χ1v) is 8.49. The Morgan fingerprint density at radius 1 is 1.15 bits per heavy atom. The van der Waals surface area contributed by atoms with Gasteiger partial charge in [-0.05, 0) is 45.8 Å². The third kappa shape index (κ3) is 4.52. The van der Waals surface area contributed by atoms with E-state index < -0.39 is 0 Å². The third-order valence-electron chi connectivity index (χ3n) is 2.77. The highest BCUT2D eigenvalue weighted by Crippen LogP contribution is 2.37. The summed E-state index contributed by atoms with van der Waals surface area (Å²) >= 11 is 11.6. The van der Waals surface area contributed by atoms with E-state index in [4.69, 9.17) is 11.6 Å². The van der Waals surface area contributed by atoms with Crippen molar-refractivity contribution in [2.45, 2.75) is 36.2 Å². The number of rotatable bonds is 5. The van der Waals surface area contributed by atoms with E-state index in [1.165, 1.54) is 10.5 Å². The Morgan fingerprint density at radius 2 is 1.90 bits per heavy atom. The fraction of sp³-hybridized carbons (Fsp3) is 0.250. The molecule has 1 N–H and O–H groups in total. The van der Waals surface area contributed by atoms with Crippen molar-refractivity contribution >= 4 is 39.3 Å². The second kappa shape index (κ2) is 7.51. The Bertz CT molecular complexity index is 586. The van der Waals surface area contributed by atoms with Gasteiger partial charge in [-0.2, -0.15) is 0 Å². The predicted molar refractivity (Wildman–Crippen MR) is 91.7 cm³/mol. The largest absolute Gasteiger partial charge is 0.310 e. The zero-order valence-electron chi connectivity index (χ0n) is 11.5. The molecule has 0 aliphatic carbocycles.